The number of hydrogen-bond acceptors (Lipinski definition) is 7. The molecule has 1 N–H and O–H groups in total. The first-order valence-corrected chi connectivity index (χ1v) is 12.6. The van der Waals surface area contributed by atoms with E-state index in [-0.39, 0.29) is 17.8 Å². The predicted molar refractivity (Wildman–Crippen MR) is 130 cm³/mol. The van der Waals surface area contributed by atoms with E-state index in [0.29, 0.717) is 31.5 Å². The molecule has 3 heterocycles. The molecule has 0 saturated heterocycles. The van der Waals surface area contributed by atoms with Crippen LogP contribution in [0, 0.1) is 0 Å². The van der Waals surface area contributed by atoms with Crippen LogP contribution in [0.4, 0.5) is 0 Å². The second kappa shape index (κ2) is 9.97. The van der Waals surface area contributed by atoms with Crippen molar-refractivity contribution in [2.75, 3.05) is 19.0 Å². The third-order valence-electron chi connectivity index (χ3n) is 5.82. The predicted octanol–water partition coefficient (Wildman–Crippen LogP) is 3.86. The lowest BCUT2D eigenvalue weighted by Gasteiger charge is -2.11. The number of carbonyl (C=O) groups excluding carboxylic acids is 1. The van der Waals surface area contributed by atoms with Gasteiger partial charge in [-0.3, -0.25) is 4.79 Å². The van der Waals surface area contributed by atoms with E-state index in [1.807, 2.05) is 41.8 Å². The van der Waals surface area contributed by atoms with Gasteiger partial charge < -0.3 is 24.1 Å². The number of benzene rings is 2. The van der Waals surface area contributed by atoms with Gasteiger partial charge in [0, 0.05) is 31.5 Å². The third kappa shape index (κ3) is 4.84. The molecule has 1 atom stereocenters. The first-order chi connectivity index (χ1) is 16.6. The van der Waals surface area contributed by atoms with Gasteiger partial charge in [-0.15, -0.1) is 10.2 Å². The number of fused-ring (bicyclic) bond motifs is 2. The minimum absolute atomic E-state index is 0.0436. The number of thioether (sulfide) groups is 1. The summed E-state index contributed by atoms with van der Waals surface area (Å²) in [5, 5.41) is 12.4. The third-order valence-corrected chi connectivity index (χ3v) is 6.79. The highest BCUT2D eigenvalue weighted by Gasteiger charge is 2.20. The molecule has 0 aliphatic carbocycles. The van der Waals surface area contributed by atoms with Crippen molar-refractivity contribution in [3.05, 3.63) is 47.5 Å². The Balaban J connectivity index is 1.21. The van der Waals surface area contributed by atoms with Gasteiger partial charge in [0.25, 0.3) is 0 Å². The van der Waals surface area contributed by atoms with Crippen molar-refractivity contribution >= 4 is 17.7 Å². The monoisotopic (exact) mass is 480 g/mol. The molecule has 3 aromatic rings. The van der Waals surface area contributed by atoms with E-state index in [1.165, 1.54) is 17.3 Å². The van der Waals surface area contributed by atoms with Gasteiger partial charge in [0.1, 0.15) is 11.9 Å². The minimum atomic E-state index is -0.0436. The highest BCUT2D eigenvalue weighted by Crippen LogP contribution is 2.34. The van der Waals surface area contributed by atoms with Gasteiger partial charge in [-0.1, -0.05) is 23.9 Å². The molecule has 0 radical (unpaired) electrons. The molecular formula is C25H28N4O4S. The number of aromatic nitrogens is 3. The molecule has 0 spiro atoms. The van der Waals surface area contributed by atoms with Crippen LogP contribution in [-0.2, 0) is 24.3 Å². The summed E-state index contributed by atoms with van der Waals surface area (Å²) in [4.78, 5) is 12.5. The van der Waals surface area contributed by atoms with Crippen LogP contribution in [0.5, 0.6) is 17.2 Å². The van der Waals surface area contributed by atoms with Gasteiger partial charge in [-0.05, 0) is 49.2 Å². The maximum Gasteiger partial charge on any atom is 0.230 e. The summed E-state index contributed by atoms with van der Waals surface area (Å²) in [6.07, 6.45) is 1.98. The van der Waals surface area contributed by atoms with Crippen molar-refractivity contribution in [3.8, 4) is 28.6 Å². The lowest BCUT2D eigenvalue weighted by atomic mass is 10.1. The van der Waals surface area contributed by atoms with Crippen molar-refractivity contribution in [2.45, 2.75) is 51.0 Å². The number of ether oxygens (including phenoxy) is 3. The molecule has 1 aromatic heterocycles. The van der Waals surface area contributed by atoms with Crippen molar-refractivity contribution in [3.63, 3.8) is 0 Å². The van der Waals surface area contributed by atoms with Gasteiger partial charge in [0.2, 0.25) is 5.91 Å². The average Bonchev–Trinajstić information content (AvgIpc) is 3.34. The second-order valence-electron chi connectivity index (χ2n) is 8.40. The summed E-state index contributed by atoms with van der Waals surface area (Å²) < 4.78 is 19.3. The summed E-state index contributed by atoms with van der Waals surface area (Å²) in [5.74, 6) is 3.39. The zero-order valence-electron chi connectivity index (χ0n) is 19.4. The van der Waals surface area contributed by atoms with E-state index < -0.39 is 0 Å². The van der Waals surface area contributed by atoms with Gasteiger partial charge in [0.05, 0.1) is 19.0 Å². The smallest absolute Gasteiger partial charge is 0.230 e. The maximum absolute atomic E-state index is 12.5. The molecule has 34 heavy (non-hydrogen) atoms. The first-order valence-electron chi connectivity index (χ1n) is 11.6. The normalized spacial score (nSPS) is 16.5. The second-order valence-corrected chi connectivity index (χ2v) is 9.35. The Morgan fingerprint density at radius 1 is 1.12 bits per heavy atom. The minimum Gasteiger partial charge on any atom is -0.490 e. The summed E-state index contributed by atoms with van der Waals surface area (Å²) in [6, 6.07) is 11.9. The molecule has 2 aliphatic rings. The van der Waals surface area contributed by atoms with Crippen LogP contribution in [0.15, 0.2) is 41.6 Å². The van der Waals surface area contributed by atoms with Crippen molar-refractivity contribution in [1.29, 1.82) is 0 Å². The Hall–Kier alpha value is -3.20. The van der Waals surface area contributed by atoms with Crippen molar-refractivity contribution < 1.29 is 19.0 Å². The highest BCUT2D eigenvalue weighted by molar-refractivity contribution is 7.99. The number of carbonyl (C=O) groups is 1. The standard InChI is InChI=1S/C25H28N4O4S/c1-3-29-24(18-6-8-21-22(13-18)32-10-4-9-31-21)27-28-25(29)34-15-23(30)26-14-17-5-7-20-19(12-17)11-16(2)33-20/h5-8,12-13,16H,3-4,9-11,14-15H2,1-2H3,(H,26,30)/t16-/m1/s1. The largest absolute Gasteiger partial charge is 0.490 e. The lowest BCUT2D eigenvalue weighted by Crippen LogP contribution is -2.24. The molecule has 0 unspecified atom stereocenters. The number of rotatable bonds is 7. The van der Waals surface area contributed by atoms with Crippen LogP contribution in [-0.4, -0.2) is 45.7 Å². The number of hydrogen-bond donors (Lipinski definition) is 1. The molecule has 1 amide bonds. The SMILES string of the molecule is CCn1c(SCC(=O)NCc2ccc3c(c2)C[C@@H](C)O3)nnc1-c1ccc2c(c1)OCCCO2. The van der Waals surface area contributed by atoms with Gasteiger partial charge in [-0.2, -0.15) is 0 Å². The molecular weight excluding hydrogens is 452 g/mol. The first kappa shape index (κ1) is 22.6. The maximum atomic E-state index is 12.5. The lowest BCUT2D eigenvalue weighted by molar-refractivity contribution is -0.118. The summed E-state index contributed by atoms with van der Waals surface area (Å²) >= 11 is 1.38. The Morgan fingerprint density at radius 2 is 1.94 bits per heavy atom. The fraction of sp³-hybridized carbons (Fsp3) is 0.400. The van der Waals surface area contributed by atoms with E-state index in [9.17, 15) is 4.79 Å². The fourth-order valence-electron chi connectivity index (χ4n) is 4.16. The van der Waals surface area contributed by atoms with Crippen LogP contribution >= 0.6 is 11.8 Å². The highest BCUT2D eigenvalue weighted by atomic mass is 32.2. The van der Waals surface area contributed by atoms with Crippen LogP contribution < -0.4 is 19.5 Å². The van der Waals surface area contributed by atoms with Crippen LogP contribution in [0.2, 0.25) is 0 Å². The number of amides is 1. The van der Waals surface area contributed by atoms with E-state index in [1.54, 1.807) is 0 Å². The molecule has 0 fully saturated rings. The number of nitrogens with one attached hydrogen (secondary N) is 1. The molecule has 178 valence electrons. The Labute approximate surface area is 203 Å². The molecule has 2 aromatic carbocycles. The molecule has 8 nitrogen and oxygen atoms in total. The molecule has 0 bridgehead atoms. The molecule has 2 aliphatic heterocycles. The Morgan fingerprint density at radius 3 is 2.79 bits per heavy atom. The van der Waals surface area contributed by atoms with Crippen molar-refractivity contribution in [1.82, 2.24) is 20.1 Å². The van der Waals surface area contributed by atoms with Crippen molar-refractivity contribution in [2.24, 2.45) is 0 Å². The Kier molecular flexibility index (Phi) is 6.62. The quantitative estimate of drug-likeness (QED) is 0.514. The van der Waals surface area contributed by atoms with E-state index in [2.05, 4.69) is 28.5 Å². The fourth-order valence-corrected chi connectivity index (χ4v) is 5.00. The van der Waals surface area contributed by atoms with Gasteiger partial charge in [0.15, 0.2) is 22.5 Å². The van der Waals surface area contributed by atoms with E-state index in [4.69, 9.17) is 14.2 Å². The van der Waals surface area contributed by atoms with Crippen LogP contribution in [0.3, 0.4) is 0 Å². The molecule has 9 heteroatoms. The van der Waals surface area contributed by atoms with Gasteiger partial charge >= 0.3 is 0 Å². The zero-order chi connectivity index (χ0) is 23.5. The van der Waals surface area contributed by atoms with Crippen LogP contribution in [0.25, 0.3) is 11.4 Å². The number of nitrogens with zero attached hydrogens (tertiary/aromatic N) is 3. The zero-order valence-corrected chi connectivity index (χ0v) is 20.2. The topological polar surface area (TPSA) is 87.5 Å². The summed E-state index contributed by atoms with van der Waals surface area (Å²) in [6.45, 7) is 6.57. The van der Waals surface area contributed by atoms with Crippen LogP contribution in [0.1, 0.15) is 31.4 Å². The van der Waals surface area contributed by atoms with E-state index >= 15 is 0 Å². The Bertz CT molecular complexity index is 1200. The van der Waals surface area contributed by atoms with E-state index in [0.717, 1.165) is 47.0 Å². The molecule has 5 rings (SSSR count). The summed E-state index contributed by atoms with van der Waals surface area (Å²) in [7, 11) is 0. The average molecular weight is 481 g/mol. The van der Waals surface area contributed by atoms with Gasteiger partial charge in [-0.25, -0.2) is 0 Å². The summed E-state index contributed by atoms with van der Waals surface area (Å²) in [5.41, 5.74) is 3.18. The molecule has 0 saturated carbocycles.